The Bertz CT molecular complexity index is 2060. The summed E-state index contributed by atoms with van der Waals surface area (Å²) in [7, 11) is 0. The predicted molar refractivity (Wildman–Crippen MR) is 187 cm³/mol. The zero-order valence-electron chi connectivity index (χ0n) is 27.5. The number of nitrogens with two attached hydrogens (primary N) is 3. The molecule has 2 amide bonds. The number of rotatable bonds is 11. The molecule has 288 valence electrons. The lowest BCUT2D eigenvalue weighted by Gasteiger charge is -2.49. The molecular weight excluding hydrogens is 807 g/mol. The maximum Gasteiger partial charge on any atom is 0.430 e. The van der Waals surface area contributed by atoms with Crippen molar-refractivity contribution in [3.8, 4) is 5.69 Å². The molecule has 2 atom stereocenters. The monoisotopic (exact) mass is 833 g/mol. The van der Waals surface area contributed by atoms with Gasteiger partial charge in [0.05, 0.1) is 6.07 Å². The molecule has 1 saturated heterocycles. The van der Waals surface area contributed by atoms with E-state index in [2.05, 4.69) is 20.4 Å². The van der Waals surface area contributed by atoms with Crippen molar-refractivity contribution in [2.75, 3.05) is 28.7 Å². The number of hydrogen-bond donors (Lipinski definition) is 6. The number of hydrogen-bond acceptors (Lipinski definition) is 16. The van der Waals surface area contributed by atoms with Gasteiger partial charge in [-0.1, -0.05) is 21.7 Å². The van der Waals surface area contributed by atoms with Crippen LogP contribution in [0.15, 0.2) is 57.3 Å². The number of amides is 2. The molecule has 4 heterocycles. The summed E-state index contributed by atoms with van der Waals surface area (Å²) in [5.74, 6) is -6.42. The molecule has 0 radical (unpaired) electrons. The topological polar surface area (TPSA) is 293 Å². The summed E-state index contributed by atoms with van der Waals surface area (Å²) >= 11 is 9.49. The molecule has 25 heteroatoms. The number of anilines is 3. The van der Waals surface area contributed by atoms with E-state index in [1.54, 1.807) is 28.8 Å². The van der Waals surface area contributed by atoms with Crippen LogP contribution in [0.2, 0.25) is 5.02 Å². The van der Waals surface area contributed by atoms with E-state index in [0.29, 0.717) is 27.3 Å². The molecular formula is C29H27ClF3N9O9S3. The molecule has 0 spiro atoms. The Balaban J connectivity index is 0.000000845. The number of carbonyl (C=O) groups is 5. The van der Waals surface area contributed by atoms with Crippen LogP contribution in [0.25, 0.3) is 5.69 Å². The molecule has 2 aliphatic heterocycles. The summed E-state index contributed by atoms with van der Waals surface area (Å²) < 4.78 is 33.2. The Labute approximate surface area is 319 Å². The van der Waals surface area contributed by atoms with E-state index in [4.69, 9.17) is 43.5 Å². The number of alkyl halides is 3. The molecule has 3 aromatic rings. The average Bonchev–Trinajstić information content (AvgIpc) is 3.51. The van der Waals surface area contributed by atoms with Crippen LogP contribution in [0.3, 0.4) is 0 Å². The molecule has 2 unspecified atom stereocenters. The maximum absolute atomic E-state index is 13.3. The molecule has 9 N–H and O–H groups in total. The average molecular weight is 834 g/mol. The van der Waals surface area contributed by atoms with Crippen LogP contribution in [0.4, 0.5) is 29.9 Å². The van der Waals surface area contributed by atoms with Crippen molar-refractivity contribution < 1.29 is 61.9 Å². The van der Waals surface area contributed by atoms with Gasteiger partial charge in [0.1, 0.15) is 34.5 Å². The van der Waals surface area contributed by atoms with E-state index in [1.807, 2.05) is 0 Å². The lowest BCUT2D eigenvalue weighted by atomic mass is 10.0. The number of halogens is 4. The maximum atomic E-state index is 13.3. The van der Waals surface area contributed by atoms with Crippen LogP contribution >= 0.6 is 46.5 Å². The molecule has 0 aliphatic carbocycles. The fourth-order valence-corrected chi connectivity index (χ4v) is 7.62. The zero-order chi connectivity index (χ0) is 40.3. The van der Waals surface area contributed by atoms with E-state index in [9.17, 15) is 42.6 Å². The number of thiazole rings is 1. The molecule has 5 rings (SSSR count). The Morgan fingerprint density at radius 3 is 2.33 bits per heavy atom. The summed E-state index contributed by atoms with van der Waals surface area (Å²) in [4.78, 5) is 74.1. The van der Waals surface area contributed by atoms with Crippen LogP contribution in [-0.2, 0) is 28.8 Å². The molecule has 0 bridgehead atoms. The normalized spacial score (nSPS) is 17.1. The Morgan fingerprint density at radius 2 is 1.80 bits per heavy atom. The van der Waals surface area contributed by atoms with Gasteiger partial charge in [-0.25, -0.2) is 14.6 Å². The third-order valence-corrected chi connectivity index (χ3v) is 10.3. The lowest BCUT2D eigenvalue weighted by molar-refractivity contribution is -0.626. The first-order valence-electron chi connectivity index (χ1n) is 14.7. The van der Waals surface area contributed by atoms with Gasteiger partial charge in [-0.2, -0.15) is 17.7 Å². The molecule has 1 aromatic carbocycles. The summed E-state index contributed by atoms with van der Waals surface area (Å²) in [5.41, 5.74) is 16.6. The number of aromatic nitrogens is 3. The van der Waals surface area contributed by atoms with Gasteiger partial charge in [0.2, 0.25) is 17.2 Å². The number of carbonyl (C=O) groups excluding carboxylic acids is 3. The van der Waals surface area contributed by atoms with Crippen LogP contribution < -0.4 is 32.2 Å². The van der Waals surface area contributed by atoms with E-state index in [0.717, 1.165) is 16.2 Å². The highest BCUT2D eigenvalue weighted by Gasteiger charge is 2.54. The number of β-lactam (4-membered cyclic amide) rings is 1. The molecule has 2 aliphatic rings. The number of oxime groups is 1. The molecule has 0 saturated carbocycles. The highest BCUT2D eigenvalue weighted by molar-refractivity contribution is 8.01. The third kappa shape index (κ3) is 9.42. The number of carboxylic acids is 3. The summed E-state index contributed by atoms with van der Waals surface area (Å²) in [6, 6.07) is 7.24. The lowest BCUT2D eigenvalue weighted by Crippen LogP contribution is -2.71. The van der Waals surface area contributed by atoms with Crippen molar-refractivity contribution in [3.63, 3.8) is 0 Å². The van der Waals surface area contributed by atoms with E-state index in [1.165, 1.54) is 48.8 Å². The predicted octanol–water partition coefficient (Wildman–Crippen LogP) is 0.628. The number of nitrogens with one attached hydrogen (secondary N) is 1. The summed E-state index contributed by atoms with van der Waals surface area (Å²) in [6.45, 7) is 2.47. The summed E-state index contributed by atoms with van der Waals surface area (Å²) in [6.07, 6.45) is -5.19. The number of fused-ring (bicyclic) bond motifs is 1. The highest BCUT2D eigenvalue weighted by Crippen LogP contribution is 2.41. The Morgan fingerprint density at radius 1 is 1.17 bits per heavy atom. The largest absolute Gasteiger partial charge is 0.542 e. The molecule has 54 heavy (non-hydrogen) atoms. The van der Waals surface area contributed by atoms with Crippen LogP contribution in [0.1, 0.15) is 19.5 Å². The zero-order valence-corrected chi connectivity index (χ0v) is 30.7. The Kier molecular flexibility index (Phi) is 12.5. The second-order valence-electron chi connectivity index (χ2n) is 11.3. The summed E-state index contributed by atoms with van der Waals surface area (Å²) in [5, 5.41) is 36.3. The first-order valence-corrected chi connectivity index (χ1v) is 18.0. The van der Waals surface area contributed by atoms with Crippen LogP contribution in [0.5, 0.6) is 0 Å². The minimum atomic E-state index is -5.19. The standard InChI is InChI=1S/C27H26ClN9O7S3.C2HF3O2/c1-27(2,24(42)43)44-35-17(14-10-46-25(31)32-14)20(38)34-18-21(39)37-19(23(40)41)11(8-45-22(18)37)9-47-26-33-15(29)7-16(30)36(26)13-5-3-12(28)4-6-13;3-2(4,5)1(6)7/h3-7,10,18,22H,8-9H2,1-2H3,(H8,29,30,31,32,34,38,40,41,42,43);(H,6,7)/b35-17-;. The van der Waals surface area contributed by atoms with Crippen molar-refractivity contribution in [1.82, 2.24) is 20.2 Å². The highest BCUT2D eigenvalue weighted by atomic mass is 35.5. The molecule has 2 aromatic heterocycles. The second-order valence-corrected chi connectivity index (χ2v) is 14.7. The van der Waals surface area contributed by atoms with Crippen LogP contribution in [0, 0.1) is 0 Å². The number of carboxylic acid groups (broad SMARTS) is 3. The van der Waals surface area contributed by atoms with E-state index in [-0.39, 0.29) is 33.8 Å². The van der Waals surface area contributed by atoms with Crippen molar-refractivity contribution in [2.24, 2.45) is 5.16 Å². The first-order chi connectivity index (χ1) is 25.1. The van der Waals surface area contributed by atoms with Crippen molar-refractivity contribution in [2.45, 2.75) is 42.2 Å². The van der Waals surface area contributed by atoms with Gasteiger partial charge < -0.3 is 47.5 Å². The Hall–Kier alpha value is -5.33. The van der Waals surface area contributed by atoms with E-state index < -0.39 is 58.6 Å². The van der Waals surface area contributed by atoms with Gasteiger partial charge in [-0.15, -0.1) is 23.1 Å². The number of thioether (sulfide) groups is 2. The van der Waals surface area contributed by atoms with E-state index >= 15 is 0 Å². The molecule has 18 nitrogen and oxygen atoms in total. The number of aliphatic carboxylic acids is 3. The number of nitrogens with zero attached hydrogens (tertiary/aromatic N) is 5. The third-order valence-electron chi connectivity index (χ3n) is 7.06. The second kappa shape index (κ2) is 16.4. The minimum Gasteiger partial charge on any atom is -0.542 e. The number of benzene rings is 1. The van der Waals surface area contributed by atoms with Crippen molar-refractivity contribution >= 4 is 98.7 Å². The first kappa shape index (κ1) is 41.4. The van der Waals surface area contributed by atoms with Crippen molar-refractivity contribution in [3.05, 3.63) is 57.7 Å². The van der Waals surface area contributed by atoms with Gasteiger partial charge in [0.15, 0.2) is 10.8 Å². The van der Waals surface area contributed by atoms with Gasteiger partial charge in [0, 0.05) is 21.9 Å². The van der Waals surface area contributed by atoms with Gasteiger partial charge in [-0.05, 0) is 55.4 Å². The smallest absolute Gasteiger partial charge is 0.430 e. The van der Waals surface area contributed by atoms with Gasteiger partial charge >= 0.3 is 23.3 Å². The van der Waals surface area contributed by atoms with Gasteiger partial charge in [0.25, 0.3) is 11.8 Å². The molecule has 1 fully saturated rings. The number of nitrogen functional groups attached to an aromatic ring is 3. The minimum absolute atomic E-state index is 0.00295. The fraction of sp³-hybridized carbons (Fsp3) is 0.276. The van der Waals surface area contributed by atoms with Crippen molar-refractivity contribution in [1.29, 1.82) is 0 Å². The SMILES string of the molecule is CC(C)(O/N=C(\C(=O)NC1C(=O)N2C(C(=O)O)=C(CSc3nc(N)cc(N)[n+]3-c3ccc(Cl)cc3)CSC12)c1csc(N)n1)C(=O)O.O=C([O-])C(F)(F)F. The fourth-order valence-electron chi connectivity index (χ4n) is 4.42. The van der Waals surface area contributed by atoms with Crippen LogP contribution in [-0.4, -0.2) is 95.2 Å². The quantitative estimate of drug-likeness (QED) is 0.0386. The van der Waals surface area contributed by atoms with Gasteiger partial charge in [-0.3, -0.25) is 14.5 Å².